The lowest BCUT2D eigenvalue weighted by Gasteiger charge is -2.56. The van der Waals surface area contributed by atoms with E-state index < -0.39 is 11.6 Å². The van der Waals surface area contributed by atoms with Crippen LogP contribution in [-0.2, 0) is 0 Å². The Labute approximate surface area is 108 Å². The zero-order valence-corrected chi connectivity index (χ0v) is 11.3. The Morgan fingerprint density at radius 3 is 2.44 bits per heavy atom. The lowest BCUT2D eigenvalue weighted by molar-refractivity contribution is 0.0227. The van der Waals surface area contributed by atoms with E-state index in [1.54, 1.807) is 6.07 Å². The highest BCUT2D eigenvalue weighted by Gasteiger charge is 2.52. The van der Waals surface area contributed by atoms with Crippen molar-refractivity contribution in [2.45, 2.75) is 45.1 Å². The summed E-state index contributed by atoms with van der Waals surface area (Å²) in [6.07, 6.45) is 2.95. The fourth-order valence-corrected chi connectivity index (χ4v) is 3.65. The third kappa shape index (κ3) is 1.85. The molecule has 2 atom stereocenters. The monoisotopic (exact) mass is 253 g/mol. The smallest absolute Gasteiger partial charge is 0.129 e. The number of hydrogen-bond acceptors (Lipinski definition) is 1. The van der Waals surface area contributed by atoms with Gasteiger partial charge in [-0.05, 0) is 49.3 Å². The van der Waals surface area contributed by atoms with Crippen LogP contribution in [-0.4, -0.2) is 13.1 Å². The maximum absolute atomic E-state index is 13.9. The van der Waals surface area contributed by atoms with E-state index in [4.69, 9.17) is 0 Å². The minimum atomic E-state index is -0.501. The van der Waals surface area contributed by atoms with Gasteiger partial charge in [0, 0.05) is 12.1 Å². The van der Waals surface area contributed by atoms with Crippen molar-refractivity contribution in [3.05, 3.63) is 35.4 Å². The van der Waals surface area contributed by atoms with Gasteiger partial charge in [-0.1, -0.05) is 19.9 Å². The Bertz CT molecular complexity index is 427. The molecule has 0 radical (unpaired) electrons. The van der Waals surface area contributed by atoms with E-state index in [9.17, 15) is 8.78 Å². The van der Waals surface area contributed by atoms with Crippen LogP contribution in [0, 0.1) is 17.0 Å². The summed E-state index contributed by atoms with van der Waals surface area (Å²) in [7, 11) is 1.96. The summed E-state index contributed by atoms with van der Waals surface area (Å²) in [5, 5.41) is 3.33. The second kappa shape index (κ2) is 4.96. The van der Waals surface area contributed by atoms with Crippen LogP contribution in [0.25, 0.3) is 0 Å². The summed E-state index contributed by atoms with van der Waals surface area (Å²) in [5.74, 6) is -0.703. The summed E-state index contributed by atoms with van der Waals surface area (Å²) >= 11 is 0. The lowest BCUT2D eigenvalue weighted by atomic mass is 9.52. The maximum Gasteiger partial charge on any atom is 0.129 e. The molecule has 100 valence electrons. The Balaban J connectivity index is 2.34. The minimum Gasteiger partial charge on any atom is -0.316 e. The van der Waals surface area contributed by atoms with E-state index in [2.05, 4.69) is 19.2 Å². The fraction of sp³-hybridized carbons (Fsp3) is 0.600. The molecule has 3 heteroatoms. The molecule has 0 amide bonds. The van der Waals surface area contributed by atoms with Crippen LogP contribution in [0.3, 0.4) is 0 Å². The molecule has 0 heterocycles. The molecule has 1 aromatic rings. The Morgan fingerprint density at radius 1 is 1.28 bits per heavy atom. The highest BCUT2D eigenvalue weighted by Crippen LogP contribution is 2.57. The van der Waals surface area contributed by atoms with Gasteiger partial charge in [0.25, 0.3) is 0 Å². The molecule has 1 saturated carbocycles. The average Bonchev–Trinajstić information content (AvgIpc) is 2.33. The normalized spacial score (nSPS) is 25.8. The lowest BCUT2D eigenvalue weighted by Crippen LogP contribution is -2.57. The minimum absolute atomic E-state index is 0.105. The van der Waals surface area contributed by atoms with Crippen molar-refractivity contribution in [3.8, 4) is 0 Å². The third-order valence-electron chi connectivity index (χ3n) is 4.86. The Morgan fingerprint density at radius 2 is 1.94 bits per heavy atom. The number of benzene rings is 1. The van der Waals surface area contributed by atoms with Crippen LogP contribution < -0.4 is 5.32 Å². The third-order valence-corrected chi connectivity index (χ3v) is 4.86. The van der Waals surface area contributed by atoms with E-state index in [1.165, 1.54) is 6.07 Å². The Hall–Kier alpha value is -0.960. The average molecular weight is 253 g/mol. The molecule has 1 aliphatic carbocycles. The summed E-state index contributed by atoms with van der Waals surface area (Å²) in [4.78, 5) is 0. The van der Waals surface area contributed by atoms with Gasteiger partial charge in [0.2, 0.25) is 0 Å². The first-order valence-corrected chi connectivity index (χ1v) is 6.71. The number of rotatable bonds is 4. The predicted octanol–water partition coefficient (Wildman–Crippen LogP) is 3.85. The summed E-state index contributed by atoms with van der Waals surface area (Å²) in [6.45, 7) is 4.31. The van der Waals surface area contributed by atoms with Gasteiger partial charge in [-0.3, -0.25) is 0 Å². The maximum atomic E-state index is 13.9. The Kier molecular flexibility index (Phi) is 3.71. The highest BCUT2D eigenvalue weighted by molar-refractivity contribution is 5.30. The van der Waals surface area contributed by atoms with Crippen LogP contribution >= 0.6 is 0 Å². The molecule has 0 saturated heterocycles. The van der Waals surface area contributed by atoms with Gasteiger partial charge in [0.05, 0.1) is 0 Å². The summed E-state index contributed by atoms with van der Waals surface area (Å²) in [6, 6.07) is 4.41. The molecule has 1 aliphatic rings. The molecule has 2 unspecified atom stereocenters. The van der Waals surface area contributed by atoms with Crippen molar-refractivity contribution in [1.82, 2.24) is 5.32 Å². The number of nitrogens with one attached hydrogen (secondary N) is 1. The molecule has 0 spiro atoms. The van der Waals surface area contributed by atoms with E-state index in [1.807, 2.05) is 7.05 Å². The SMILES string of the molecule is CCC1(CC)C(NC)CC1c1ccc(F)cc1F. The molecule has 18 heavy (non-hydrogen) atoms. The zero-order valence-electron chi connectivity index (χ0n) is 11.3. The van der Waals surface area contributed by atoms with Gasteiger partial charge >= 0.3 is 0 Å². The number of hydrogen-bond donors (Lipinski definition) is 1. The fourth-order valence-electron chi connectivity index (χ4n) is 3.65. The second-order valence-electron chi connectivity index (χ2n) is 5.24. The molecule has 0 aliphatic heterocycles. The van der Waals surface area contributed by atoms with E-state index in [-0.39, 0.29) is 11.3 Å². The van der Waals surface area contributed by atoms with E-state index in [0.717, 1.165) is 25.3 Å². The molecule has 1 nitrogen and oxygen atoms in total. The molecular weight excluding hydrogens is 232 g/mol. The molecular formula is C15H21F2N. The van der Waals surface area contributed by atoms with Crippen LogP contribution in [0.2, 0.25) is 0 Å². The molecule has 2 rings (SSSR count). The second-order valence-corrected chi connectivity index (χ2v) is 5.24. The standard InChI is InChI=1S/C15H21F2N/c1-4-15(5-2)12(9-14(15)18-3)11-7-6-10(16)8-13(11)17/h6-8,12,14,18H,4-5,9H2,1-3H3. The topological polar surface area (TPSA) is 12.0 Å². The van der Waals surface area contributed by atoms with Crippen LogP contribution in [0.5, 0.6) is 0 Å². The summed E-state index contributed by atoms with van der Waals surface area (Å²) in [5.41, 5.74) is 0.777. The van der Waals surface area contributed by atoms with Crippen LogP contribution in [0.15, 0.2) is 18.2 Å². The molecule has 1 N–H and O–H groups in total. The van der Waals surface area contributed by atoms with Crippen molar-refractivity contribution in [2.75, 3.05) is 7.05 Å². The van der Waals surface area contributed by atoms with Crippen molar-refractivity contribution >= 4 is 0 Å². The quantitative estimate of drug-likeness (QED) is 0.859. The van der Waals surface area contributed by atoms with Crippen molar-refractivity contribution in [3.63, 3.8) is 0 Å². The van der Waals surface area contributed by atoms with Crippen molar-refractivity contribution < 1.29 is 8.78 Å². The first-order chi connectivity index (χ1) is 8.58. The van der Waals surface area contributed by atoms with E-state index in [0.29, 0.717) is 11.6 Å². The van der Waals surface area contributed by atoms with Gasteiger partial charge in [0.15, 0.2) is 0 Å². The largest absolute Gasteiger partial charge is 0.316 e. The molecule has 1 aromatic carbocycles. The molecule has 0 aromatic heterocycles. The van der Waals surface area contributed by atoms with Gasteiger partial charge in [-0.15, -0.1) is 0 Å². The zero-order chi connectivity index (χ0) is 13.3. The van der Waals surface area contributed by atoms with Crippen molar-refractivity contribution in [2.24, 2.45) is 5.41 Å². The first kappa shape index (κ1) is 13.5. The summed E-state index contributed by atoms with van der Waals surface area (Å²) < 4.78 is 26.9. The van der Waals surface area contributed by atoms with Crippen LogP contribution in [0.4, 0.5) is 8.78 Å². The van der Waals surface area contributed by atoms with Gasteiger partial charge < -0.3 is 5.32 Å². The first-order valence-electron chi connectivity index (χ1n) is 6.71. The molecule has 1 fully saturated rings. The predicted molar refractivity (Wildman–Crippen MR) is 69.6 cm³/mol. The molecule has 0 bridgehead atoms. The van der Waals surface area contributed by atoms with Crippen molar-refractivity contribution in [1.29, 1.82) is 0 Å². The highest BCUT2D eigenvalue weighted by atomic mass is 19.1. The van der Waals surface area contributed by atoms with Crippen LogP contribution in [0.1, 0.15) is 44.6 Å². The van der Waals surface area contributed by atoms with Gasteiger partial charge in [-0.2, -0.15) is 0 Å². The van der Waals surface area contributed by atoms with Gasteiger partial charge in [0.1, 0.15) is 11.6 Å². The number of halogens is 2. The van der Waals surface area contributed by atoms with E-state index >= 15 is 0 Å². The van der Waals surface area contributed by atoms with Gasteiger partial charge in [-0.25, -0.2) is 8.78 Å².